The molecule has 0 radical (unpaired) electrons. The molecule has 0 aliphatic rings. The molecular formula is C13H26N4O. The van der Waals surface area contributed by atoms with Crippen LogP contribution < -0.4 is 11.3 Å². The van der Waals surface area contributed by atoms with Crippen molar-refractivity contribution >= 4 is 0 Å². The molecule has 1 aromatic heterocycles. The SMILES string of the molecule is CCCn1ccnc1CC(CC(C)(C)OC)NN. The fraction of sp³-hybridized carbons (Fsp3) is 0.769. The maximum Gasteiger partial charge on any atom is 0.110 e. The Labute approximate surface area is 110 Å². The number of rotatable bonds is 8. The first-order valence-corrected chi connectivity index (χ1v) is 6.53. The van der Waals surface area contributed by atoms with E-state index in [1.165, 1.54) is 0 Å². The van der Waals surface area contributed by atoms with E-state index in [1.807, 2.05) is 12.4 Å². The molecule has 3 N–H and O–H groups in total. The number of nitrogens with two attached hydrogens (primary N) is 1. The third-order valence-electron chi connectivity index (χ3n) is 3.22. The number of hydrogen-bond donors (Lipinski definition) is 2. The summed E-state index contributed by atoms with van der Waals surface area (Å²) in [4.78, 5) is 4.40. The molecule has 0 fully saturated rings. The van der Waals surface area contributed by atoms with E-state index < -0.39 is 0 Å². The highest BCUT2D eigenvalue weighted by molar-refractivity contribution is 4.96. The van der Waals surface area contributed by atoms with Gasteiger partial charge in [0.1, 0.15) is 5.82 Å². The van der Waals surface area contributed by atoms with Gasteiger partial charge in [0, 0.05) is 38.5 Å². The molecule has 1 rings (SSSR count). The zero-order chi connectivity index (χ0) is 13.6. The molecule has 0 amide bonds. The number of aromatic nitrogens is 2. The molecule has 1 atom stereocenters. The van der Waals surface area contributed by atoms with Gasteiger partial charge in [0.2, 0.25) is 0 Å². The van der Waals surface area contributed by atoms with Crippen LogP contribution in [0.3, 0.4) is 0 Å². The molecule has 1 heterocycles. The summed E-state index contributed by atoms with van der Waals surface area (Å²) in [5.74, 6) is 6.71. The van der Waals surface area contributed by atoms with Crippen LogP contribution in [0.15, 0.2) is 12.4 Å². The summed E-state index contributed by atoms with van der Waals surface area (Å²) in [7, 11) is 1.73. The Balaban J connectivity index is 2.65. The summed E-state index contributed by atoms with van der Waals surface area (Å²) >= 11 is 0. The van der Waals surface area contributed by atoms with Gasteiger partial charge in [0.05, 0.1) is 5.60 Å². The maximum absolute atomic E-state index is 5.63. The van der Waals surface area contributed by atoms with Gasteiger partial charge in [-0.1, -0.05) is 6.92 Å². The van der Waals surface area contributed by atoms with Crippen LogP contribution in [0.25, 0.3) is 0 Å². The van der Waals surface area contributed by atoms with Crippen molar-refractivity contribution in [3.63, 3.8) is 0 Å². The molecular weight excluding hydrogens is 228 g/mol. The minimum Gasteiger partial charge on any atom is -0.379 e. The second-order valence-electron chi connectivity index (χ2n) is 5.27. The minimum absolute atomic E-state index is 0.165. The zero-order valence-corrected chi connectivity index (χ0v) is 11.9. The average molecular weight is 254 g/mol. The van der Waals surface area contributed by atoms with Crippen molar-refractivity contribution in [3.8, 4) is 0 Å². The van der Waals surface area contributed by atoms with Gasteiger partial charge >= 0.3 is 0 Å². The lowest BCUT2D eigenvalue weighted by Crippen LogP contribution is -2.43. The summed E-state index contributed by atoms with van der Waals surface area (Å²) < 4.78 is 7.63. The van der Waals surface area contributed by atoms with Crippen molar-refractivity contribution in [1.29, 1.82) is 0 Å². The van der Waals surface area contributed by atoms with Crippen molar-refractivity contribution in [1.82, 2.24) is 15.0 Å². The topological polar surface area (TPSA) is 65.1 Å². The molecule has 0 bridgehead atoms. The number of imidazole rings is 1. The van der Waals surface area contributed by atoms with Crippen LogP contribution in [0.4, 0.5) is 0 Å². The van der Waals surface area contributed by atoms with Crippen molar-refractivity contribution < 1.29 is 4.74 Å². The Morgan fingerprint density at radius 2 is 2.28 bits per heavy atom. The highest BCUT2D eigenvalue weighted by atomic mass is 16.5. The Kier molecular flexibility index (Phi) is 5.78. The van der Waals surface area contributed by atoms with E-state index >= 15 is 0 Å². The monoisotopic (exact) mass is 254 g/mol. The van der Waals surface area contributed by atoms with E-state index in [0.29, 0.717) is 0 Å². The van der Waals surface area contributed by atoms with E-state index in [0.717, 1.165) is 31.6 Å². The van der Waals surface area contributed by atoms with Gasteiger partial charge in [0.25, 0.3) is 0 Å². The molecule has 0 aromatic carbocycles. The van der Waals surface area contributed by atoms with Crippen LogP contribution in [0, 0.1) is 0 Å². The van der Waals surface area contributed by atoms with E-state index in [4.69, 9.17) is 10.6 Å². The van der Waals surface area contributed by atoms with Gasteiger partial charge in [-0.2, -0.15) is 0 Å². The van der Waals surface area contributed by atoms with E-state index in [-0.39, 0.29) is 11.6 Å². The molecule has 104 valence electrons. The highest BCUT2D eigenvalue weighted by Crippen LogP contribution is 2.17. The molecule has 5 nitrogen and oxygen atoms in total. The van der Waals surface area contributed by atoms with Gasteiger partial charge in [0.15, 0.2) is 0 Å². The largest absolute Gasteiger partial charge is 0.379 e. The van der Waals surface area contributed by atoms with Gasteiger partial charge in [-0.3, -0.25) is 11.3 Å². The fourth-order valence-electron chi connectivity index (χ4n) is 2.06. The lowest BCUT2D eigenvalue weighted by Gasteiger charge is -2.28. The maximum atomic E-state index is 5.63. The average Bonchev–Trinajstić information content (AvgIpc) is 2.76. The standard InChI is InChI=1S/C13H26N4O/c1-5-7-17-8-6-15-12(17)9-11(16-14)10-13(2,3)18-4/h6,8,11,16H,5,7,9-10,14H2,1-4H3. The second kappa shape index (κ2) is 6.87. The van der Waals surface area contributed by atoms with Crippen LogP contribution >= 0.6 is 0 Å². The van der Waals surface area contributed by atoms with Gasteiger partial charge in [-0.05, 0) is 26.7 Å². The predicted molar refractivity (Wildman–Crippen MR) is 73.0 cm³/mol. The van der Waals surface area contributed by atoms with Crippen LogP contribution in [-0.2, 0) is 17.7 Å². The van der Waals surface area contributed by atoms with Crippen LogP contribution in [-0.4, -0.2) is 28.3 Å². The fourth-order valence-corrected chi connectivity index (χ4v) is 2.06. The van der Waals surface area contributed by atoms with E-state index in [2.05, 4.69) is 35.7 Å². The number of methoxy groups -OCH3 is 1. The number of aryl methyl sites for hydroxylation is 1. The zero-order valence-electron chi connectivity index (χ0n) is 11.9. The quantitative estimate of drug-likeness (QED) is 0.545. The molecule has 0 saturated heterocycles. The summed E-state index contributed by atoms with van der Waals surface area (Å²) in [6.07, 6.45) is 6.64. The first-order chi connectivity index (χ1) is 8.52. The number of nitrogens with one attached hydrogen (secondary N) is 1. The predicted octanol–water partition coefficient (Wildman–Crippen LogP) is 1.48. The summed E-state index contributed by atoms with van der Waals surface area (Å²) in [6, 6.07) is 0.165. The number of nitrogens with zero attached hydrogens (tertiary/aromatic N) is 2. The molecule has 18 heavy (non-hydrogen) atoms. The normalized spacial score (nSPS) is 13.8. The lowest BCUT2D eigenvalue weighted by atomic mass is 9.97. The van der Waals surface area contributed by atoms with Crippen LogP contribution in [0.5, 0.6) is 0 Å². The smallest absolute Gasteiger partial charge is 0.110 e. The number of ether oxygens (including phenoxy) is 1. The molecule has 1 unspecified atom stereocenters. The third kappa shape index (κ3) is 4.40. The van der Waals surface area contributed by atoms with Crippen molar-refractivity contribution in [2.24, 2.45) is 5.84 Å². The number of hydrogen-bond acceptors (Lipinski definition) is 4. The molecule has 0 spiro atoms. The Morgan fingerprint density at radius 1 is 1.56 bits per heavy atom. The second-order valence-corrected chi connectivity index (χ2v) is 5.27. The molecule has 0 saturated carbocycles. The highest BCUT2D eigenvalue weighted by Gasteiger charge is 2.23. The third-order valence-corrected chi connectivity index (χ3v) is 3.22. The summed E-state index contributed by atoms with van der Waals surface area (Å²) in [6.45, 7) is 7.29. The Hall–Kier alpha value is -0.910. The summed E-state index contributed by atoms with van der Waals surface area (Å²) in [5, 5.41) is 0. The first-order valence-electron chi connectivity index (χ1n) is 6.53. The van der Waals surface area contributed by atoms with Gasteiger partial charge in [-0.25, -0.2) is 4.98 Å². The molecule has 1 aromatic rings. The minimum atomic E-state index is -0.181. The van der Waals surface area contributed by atoms with Crippen molar-refractivity contribution in [2.45, 2.75) is 58.2 Å². The van der Waals surface area contributed by atoms with Crippen LogP contribution in [0.1, 0.15) is 39.4 Å². The molecule has 0 aliphatic carbocycles. The molecule has 0 aliphatic heterocycles. The van der Waals surface area contributed by atoms with Crippen molar-refractivity contribution in [2.75, 3.05) is 7.11 Å². The summed E-state index contributed by atoms with van der Waals surface area (Å²) in [5.41, 5.74) is 2.69. The van der Waals surface area contributed by atoms with Crippen LogP contribution in [0.2, 0.25) is 0 Å². The van der Waals surface area contributed by atoms with E-state index in [9.17, 15) is 0 Å². The first kappa shape index (κ1) is 15.1. The van der Waals surface area contributed by atoms with Crippen molar-refractivity contribution in [3.05, 3.63) is 18.2 Å². The van der Waals surface area contributed by atoms with Gasteiger partial charge < -0.3 is 9.30 Å². The molecule has 5 heteroatoms. The van der Waals surface area contributed by atoms with Gasteiger partial charge in [-0.15, -0.1) is 0 Å². The number of hydrazine groups is 1. The Bertz CT molecular complexity index is 349. The lowest BCUT2D eigenvalue weighted by molar-refractivity contribution is 0.00690. The van der Waals surface area contributed by atoms with E-state index in [1.54, 1.807) is 7.11 Å². The Morgan fingerprint density at radius 3 is 2.83 bits per heavy atom.